The maximum Gasteiger partial charge on any atom is 0.268 e. The van der Waals surface area contributed by atoms with Gasteiger partial charge in [0.15, 0.2) is 0 Å². The highest BCUT2D eigenvalue weighted by molar-refractivity contribution is 7.14. The van der Waals surface area contributed by atoms with Crippen LogP contribution in [0.15, 0.2) is 12.1 Å². The van der Waals surface area contributed by atoms with Crippen LogP contribution in [0.4, 0.5) is 5.95 Å². The Bertz CT molecular complexity index is 721. The lowest BCUT2D eigenvalue weighted by molar-refractivity contribution is 0.102. The van der Waals surface area contributed by atoms with E-state index in [-0.39, 0.29) is 12.5 Å². The van der Waals surface area contributed by atoms with E-state index in [1.807, 2.05) is 26.8 Å². The maximum absolute atomic E-state index is 12.2. The molecule has 0 saturated carbocycles. The van der Waals surface area contributed by atoms with Gasteiger partial charge < -0.3 is 5.11 Å². The Morgan fingerprint density at radius 1 is 1.29 bits per heavy atom. The van der Waals surface area contributed by atoms with Gasteiger partial charge in [-0.3, -0.25) is 10.1 Å². The first-order valence-corrected chi connectivity index (χ1v) is 7.15. The van der Waals surface area contributed by atoms with Gasteiger partial charge in [-0.1, -0.05) is 11.8 Å². The smallest absolute Gasteiger partial charge is 0.268 e. The summed E-state index contributed by atoms with van der Waals surface area (Å²) in [6.45, 7) is 5.38. The van der Waals surface area contributed by atoms with Crippen molar-refractivity contribution < 1.29 is 9.90 Å². The number of rotatable bonds is 2. The topological polar surface area (TPSA) is 75.1 Å². The van der Waals surface area contributed by atoms with Gasteiger partial charge in [0.05, 0.1) is 9.75 Å². The van der Waals surface area contributed by atoms with Gasteiger partial charge in [-0.25, -0.2) is 9.97 Å². The number of nitrogens with zero attached hydrogens (tertiary/aromatic N) is 2. The van der Waals surface area contributed by atoms with Crippen LogP contribution < -0.4 is 5.32 Å². The molecule has 0 bridgehead atoms. The number of aliphatic hydroxyl groups excluding tert-OH is 1. The Hall–Kier alpha value is -2.23. The lowest BCUT2D eigenvalue weighted by Crippen LogP contribution is -2.13. The summed E-state index contributed by atoms with van der Waals surface area (Å²) in [5.41, 5.74) is 2.51. The molecule has 0 fully saturated rings. The summed E-state index contributed by atoms with van der Waals surface area (Å²) in [6, 6.07) is 3.61. The predicted molar refractivity (Wildman–Crippen MR) is 82.5 cm³/mol. The van der Waals surface area contributed by atoms with Crippen LogP contribution in [0.25, 0.3) is 0 Å². The van der Waals surface area contributed by atoms with Crippen molar-refractivity contribution in [1.29, 1.82) is 0 Å². The first kappa shape index (κ1) is 15.2. The number of amides is 1. The lowest BCUT2D eigenvalue weighted by Gasteiger charge is -2.03. The van der Waals surface area contributed by atoms with Crippen LogP contribution in [-0.4, -0.2) is 27.6 Å². The summed E-state index contributed by atoms with van der Waals surface area (Å²) >= 11 is 1.28. The second-order valence-electron chi connectivity index (χ2n) is 4.51. The molecule has 5 nitrogen and oxygen atoms in total. The molecule has 2 rings (SSSR count). The van der Waals surface area contributed by atoms with Crippen molar-refractivity contribution in [1.82, 2.24) is 9.97 Å². The molecule has 0 aromatic carbocycles. The average Bonchev–Trinajstić information content (AvgIpc) is 2.76. The van der Waals surface area contributed by atoms with Gasteiger partial charge in [-0.2, -0.15) is 0 Å². The van der Waals surface area contributed by atoms with E-state index in [0.717, 1.165) is 21.8 Å². The SMILES string of the molecule is Cc1cc(C)nc(NC(=O)c2cc(C)c(C#CCO)s2)n1. The third kappa shape index (κ3) is 3.88. The van der Waals surface area contributed by atoms with Gasteiger partial charge in [-0.05, 0) is 38.5 Å². The molecular weight excluding hydrogens is 286 g/mol. The Balaban J connectivity index is 2.20. The predicted octanol–water partition coefficient (Wildman–Crippen LogP) is 2.06. The van der Waals surface area contributed by atoms with Crippen LogP contribution >= 0.6 is 11.3 Å². The largest absolute Gasteiger partial charge is 0.384 e. The van der Waals surface area contributed by atoms with Gasteiger partial charge in [-0.15, -0.1) is 11.3 Å². The fourth-order valence-electron chi connectivity index (χ4n) is 1.78. The molecule has 6 heteroatoms. The molecule has 0 saturated heterocycles. The molecular formula is C15H15N3O2S. The van der Waals surface area contributed by atoms with Gasteiger partial charge >= 0.3 is 0 Å². The second kappa shape index (κ2) is 6.48. The quantitative estimate of drug-likeness (QED) is 0.833. The molecule has 0 aliphatic rings. The number of nitrogens with one attached hydrogen (secondary N) is 1. The zero-order valence-electron chi connectivity index (χ0n) is 12.0. The standard InChI is InChI=1S/C15H15N3O2S/c1-9-7-13(21-12(9)5-4-6-19)14(20)18-15-16-10(2)8-11(3)17-15/h7-8,19H,6H2,1-3H3,(H,16,17,18,20). The van der Waals surface area contributed by atoms with Crippen molar-refractivity contribution in [3.63, 3.8) is 0 Å². The Morgan fingerprint density at radius 3 is 2.57 bits per heavy atom. The molecule has 0 spiro atoms. The minimum atomic E-state index is -0.259. The summed E-state index contributed by atoms with van der Waals surface area (Å²) in [5.74, 6) is 5.45. The van der Waals surface area contributed by atoms with Crippen LogP contribution in [0.5, 0.6) is 0 Å². The van der Waals surface area contributed by atoms with E-state index in [1.54, 1.807) is 6.07 Å². The monoisotopic (exact) mass is 301 g/mol. The molecule has 21 heavy (non-hydrogen) atoms. The Morgan fingerprint density at radius 2 is 1.95 bits per heavy atom. The third-order valence-electron chi connectivity index (χ3n) is 2.63. The number of carbonyl (C=O) groups is 1. The summed E-state index contributed by atoms with van der Waals surface area (Å²) in [4.78, 5) is 21.9. The number of aryl methyl sites for hydroxylation is 3. The van der Waals surface area contributed by atoms with Crippen molar-refractivity contribution in [2.75, 3.05) is 11.9 Å². The number of aromatic nitrogens is 2. The molecule has 0 aliphatic heterocycles. The number of carbonyl (C=O) groups excluding carboxylic acids is 1. The van der Waals surface area contributed by atoms with Crippen molar-refractivity contribution in [3.05, 3.63) is 38.8 Å². The van der Waals surface area contributed by atoms with Crippen LogP contribution in [0.1, 0.15) is 31.5 Å². The highest BCUT2D eigenvalue weighted by Gasteiger charge is 2.13. The van der Waals surface area contributed by atoms with E-state index < -0.39 is 0 Å². The second-order valence-corrected chi connectivity index (χ2v) is 5.56. The number of hydrogen-bond donors (Lipinski definition) is 2. The van der Waals surface area contributed by atoms with Crippen LogP contribution in [0, 0.1) is 32.6 Å². The highest BCUT2D eigenvalue weighted by atomic mass is 32.1. The van der Waals surface area contributed by atoms with Crippen LogP contribution in [-0.2, 0) is 0 Å². The summed E-state index contributed by atoms with van der Waals surface area (Å²) in [7, 11) is 0. The molecule has 2 aromatic heterocycles. The molecule has 1 amide bonds. The third-order valence-corrected chi connectivity index (χ3v) is 3.78. The molecule has 2 aromatic rings. The van der Waals surface area contributed by atoms with Crippen molar-refractivity contribution in [2.45, 2.75) is 20.8 Å². The average molecular weight is 301 g/mol. The maximum atomic E-state index is 12.2. The van der Waals surface area contributed by atoms with Crippen LogP contribution in [0.2, 0.25) is 0 Å². The number of hydrogen-bond acceptors (Lipinski definition) is 5. The molecule has 108 valence electrons. The lowest BCUT2D eigenvalue weighted by atomic mass is 10.2. The summed E-state index contributed by atoms with van der Waals surface area (Å²) in [6.07, 6.45) is 0. The zero-order chi connectivity index (χ0) is 15.4. The Kier molecular flexibility index (Phi) is 4.68. The van der Waals surface area contributed by atoms with Gasteiger partial charge in [0, 0.05) is 11.4 Å². The number of anilines is 1. The summed E-state index contributed by atoms with van der Waals surface area (Å²) < 4.78 is 0. The van der Waals surface area contributed by atoms with E-state index in [0.29, 0.717) is 10.8 Å². The fourth-order valence-corrected chi connectivity index (χ4v) is 2.73. The first-order chi connectivity index (χ1) is 9.99. The minimum absolute atomic E-state index is 0.199. The Labute approximate surface area is 127 Å². The molecule has 2 N–H and O–H groups in total. The fraction of sp³-hybridized carbons (Fsp3) is 0.267. The number of thiophene rings is 1. The zero-order valence-corrected chi connectivity index (χ0v) is 12.8. The van der Waals surface area contributed by atoms with E-state index in [4.69, 9.17) is 5.11 Å². The van der Waals surface area contributed by atoms with E-state index in [1.165, 1.54) is 11.3 Å². The van der Waals surface area contributed by atoms with E-state index in [2.05, 4.69) is 27.1 Å². The minimum Gasteiger partial charge on any atom is -0.384 e. The van der Waals surface area contributed by atoms with Crippen molar-refractivity contribution >= 4 is 23.2 Å². The van der Waals surface area contributed by atoms with Gasteiger partial charge in [0.2, 0.25) is 5.95 Å². The van der Waals surface area contributed by atoms with Crippen LogP contribution in [0.3, 0.4) is 0 Å². The molecule has 0 atom stereocenters. The molecule has 0 aliphatic carbocycles. The van der Waals surface area contributed by atoms with Crippen molar-refractivity contribution in [3.8, 4) is 11.8 Å². The normalized spacial score (nSPS) is 9.90. The molecule has 2 heterocycles. The van der Waals surface area contributed by atoms with E-state index in [9.17, 15) is 4.79 Å². The molecule has 0 unspecified atom stereocenters. The van der Waals surface area contributed by atoms with E-state index >= 15 is 0 Å². The number of aliphatic hydroxyl groups is 1. The van der Waals surface area contributed by atoms with Gasteiger partial charge in [0.25, 0.3) is 5.91 Å². The van der Waals surface area contributed by atoms with Gasteiger partial charge in [0.1, 0.15) is 6.61 Å². The highest BCUT2D eigenvalue weighted by Crippen LogP contribution is 2.21. The van der Waals surface area contributed by atoms with Crippen molar-refractivity contribution in [2.24, 2.45) is 0 Å². The first-order valence-electron chi connectivity index (χ1n) is 6.33. The molecule has 0 radical (unpaired) electrons. The summed E-state index contributed by atoms with van der Waals surface area (Å²) in [5, 5.41) is 11.4.